The molecule has 6 nitrogen and oxygen atoms in total. The number of amides is 1. The zero-order valence-corrected chi connectivity index (χ0v) is 45.1. The van der Waals surface area contributed by atoms with E-state index in [9.17, 15) is 19.8 Å². The van der Waals surface area contributed by atoms with Gasteiger partial charge in [-0.2, -0.15) is 0 Å². The molecule has 0 spiro atoms. The van der Waals surface area contributed by atoms with Gasteiger partial charge in [-0.1, -0.05) is 282 Å². The van der Waals surface area contributed by atoms with Gasteiger partial charge in [0.1, 0.15) is 0 Å². The highest BCUT2D eigenvalue weighted by Gasteiger charge is 2.18. The molecule has 6 heteroatoms. The van der Waals surface area contributed by atoms with Gasteiger partial charge >= 0.3 is 5.97 Å². The molecule has 0 aliphatic rings. The molecule has 67 heavy (non-hydrogen) atoms. The maximum absolute atomic E-state index is 12.5. The summed E-state index contributed by atoms with van der Waals surface area (Å²) in [6.45, 7) is 4.90. The number of hydrogen-bond donors (Lipinski definition) is 3. The lowest BCUT2D eigenvalue weighted by Crippen LogP contribution is -2.45. The Balaban J connectivity index is 3.44. The monoisotopic (exact) mass is 944 g/mol. The van der Waals surface area contributed by atoms with Crippen LogP contribution in [0.1, 0.15) is 328 Å². The van der Waals surface area contributed by atoms with E-state index in [2.05, 4.69) is 31.3 Å². The first-order valence-corrected chi connectivity index (χ1v) is 30.1. The van der Waals surface area contributed by atoms with Crippen LogP contribution in [0.5, 0.6) is 0 Å². The van der Waals surface area contributed by atoms with E-state index in [1.54, 1.807) is 6.08 Å². The highest BCUT2D eigenvalue weighted by molar-refractivity contribution is 5.76. The summed E-state index contributed by atoms with van der Waals surface area (Å²) in [6.07, 6.45) is 69.2. The van der Waals surface area contributed by atoms with Gasteiger partial charge in [-0.3, -0.25) is 9.59 Å². The van der Waals surface area contributed by atoms with Gasteiger partial charge in [0.2, 0.25) is 5.91 Å². The minimum Gasteiger partial charge on any atom is -0.466 e. The molecule has 0 aromatic heterocycles. The van der Waals surface area contributed by atoms with Crippen molar-refractivity contribution in [3.63, 3.8) is 0 Å². The van der Waals surface area contributed by atoms with E-state index in [0.717, 1.165) is 44.9 Å². The van der Waals surface area contributed by atoms with Crippen LogP contribution in [-0.4, -0.2) is 47.4 Å². The van der Waals surface area contributed by atoms with Gasteiger partial charge in [-0.05, 0) is 57.8 Å². The predicted octanol–water partition coefficient (Wildman–Crippen LogP) is 18.6. The number of carbonyl (C=O) groups is 2. The quantitative estimate of drug-likeness (QED) is 0.0321. The lowest BCUT2D eigenvalue weighted by Gasteiger charge is -2.20. The number of ether oxygens (including phenoxy) is 1. The van der Waals surface area contributed by atoms with Crippen molar-refractivity contribution in [2.75, 3.05) is 13.2 Å². The molecule has 3 N–H and O–H groups in total. The van der Waals surface area contributed by atoms with Crippen molar-refractivity contribution in [2.45, 2.75) is 341 Å². The first-order chi connectivity index (χ1) is 33.0. The normalized spacial score (nSPS) is 12.7. The van der Waals surface area contributed by atoms with E-state index >= 15 is 0 Å². The van der Waals surface area contributed by atoms with Crippen LogP contribution in [0.25, 0.3) is 0 Å². The predicted molar refractivity (Wildman–Crippen MR) is 292 cm³/mol. The lowest BCUT2D eigenvalue weighted by molar-refractivity contribution is -0.143. The number of aliphatic hydroxyl groups excluding tert-OH is 2. The topological polar surface area (TPSA) is 95.9 Å². The molecule has 0 bridgehead atoms. The van der Waals surface area contributed by atoms with Gasteiger partial charge in [-0.25, -0.2) is 0 Å². The number of unbranched alkanes of at least 4 members (excludes halogenated alkanes) is 43. The van der Waals surface area contributed by atoms with E-state index < -0.39 is 12.1 Å². The molecular weight excluding hydrogens is 827 g/mol. The number of allylic oxidation sites excluding steroid dienone is 3. The molecule has 2 atom stereocenters. The summed E-state index contributed by atoms with van der Waals surface area (Å²) >= 11 is 0. The Morgan fingerprint density at radius 3 is 1.06 bits per heavy atom. The lowest BCUT2D eigenvalue weighted by atomic mass is 10.0. The van der Waals surface area contributed by atoms with Crippen LogP contribution in [0, 0.1) is 0 Å². The molecule has 0 aromatic rings. The zero-order chi connectivity index (χ0) is 48.6. The minimum atomic E-state index is -0.847. The van der Waals surface area contributed by atoms with Crippen molar-refractivity contribution in [3.8, 4) is 0 Å². The molecule has 0 aromatic carbocycles. The second kappa shape index (κ2) is 56.9. The van der Waals surface area contributed by atoms with Crippen molar-refractivity contribution >= 4 is 11.9 Å². The van der Waals surface area contributed by atoms with Crippen molar-refractivity contribution in [2.24, 2.45) is 0 Å². The number of rotatable bonds is 56. The van der Waals surface area contributed by atoms with Crippen LogP contribution >= 0.6 is 0 Å². The first-order valence-electron chi connectivity index (χ1n) is 30.1. The van der Waals surface area contributed by atoms with Crippen molar-refractivity contribution in [1.29, 1.82) is 0 Å². The maximum Gasteiger partial charge on any atom is 0.305 e. The van der Waals surface area contributed by atoms with E-state index in [-0.39, 0.29) is 18.5 Å². The highest BCUT2D eigenvalue weighted by Crippen LogP contribution is 2.17. The Bertz CT molecular complexity index is 1040. The molecule has 0 saturated heterocycles. The molecule has 396 valence electrons. The van der Waals surface area contributed by atoms with Crippen molar-refractivity contribution in [1.82, 2.24) is 5.32 Å². The third kappa shape index (κ3) is 53.5. The van der Waals surface area contributed by atoms with Gasteiger partial charge < -0.3 is 20.3 Å². The minimum absolute atomic E-state index is 0.00170. The summed E-state index contributed by atoms with van der Waals surface area (Å²) in [7, 11) is 0. The number of aliphatic hydroxyl groups is 2. The molecule has 0 aliphatic carbocycles. The van der Waals surface area contributed by atoms with Crippen LogP contribution in [-0.2, 0) is 14.3 Å². The fourth-order valence-electron chi connectivity index (χ4n) is 9.34. The van der Waals surface area contributed by atoms with Gasteiger partial charge in [0, 0.05) is 12.8 Å². The van der Waals surface area contributed by atoms with Crippen LogP contribution in [0.3, 0.4) is 0 Å². The van der Waals surface area contributed by atoms with Crippen LogP contribution < -0.4 is 5.32 Å². The number of hydrogen-bond acceptors (Lipinski definition) is 5. The molecule has 0 radical (unpaired) electrons. The molecule has 0 saturated carbocycles. The largest absolute Gasteiger partial charge is 0.466 e. The Morgan fingerprint density at radius 2 is 0.701 bits per heavy atom. The van der Waals surface area contributed by atoms with Gasteiger partial charge in [0.15, 0.2) is 0 Å². The molecular formula is C61H117NO5. The maximum atomic E-state index is 12.5. The summed E-state index contributed by atoms with van der Waals surface area (Å²) in [5.74, 6) is -0.0715. The number of esters is 1. The van der Waals surface area contributed by atoms with E-state index in [1.807, 2.05) is 6.08 Å². The smallest absolute Gasteiger partial charge is 0.305 e. The van der Waals surface area contributed by atoms with Crippen molar-refractivity contribution < 1.29 is 24.5 Å². The Kier molecular flexibility index (Phi) is 55.5. The Labute approximate surface area is 418 Å². The van der Waals surface area contributed by atoms with E-state index in [0.29, 0.717) is 19.4 Å². The standard InChI is InChI=1S/C61H117NO5/c1-3-5-7-9-11-13-15-17-19-20-23-26-29-33-37-41-45-49-53-59(64)58(57-63)62-60(65)54-50-46-42-38-34-30-27-24-21-22-25-28-32-36-40-44-48-52-56-67-61(66)55-51-47-43-39-35-31-18-16-14-12-10-8-6-4-2/h16,18,49,53,58-59,63-64H,3-15,17,19-48,50-52,54-57H2,1-2H3,(H,62,65)/b18-16-,53-49+. The second-order valence-corrected chi connectivity index (χ2v) is 20.7. The molecule has 0 heterocycles. The van der Waals surface area contributed by atoms with Gasteiger partial charge in [-0.15, -0.1) is 0 Å². The first kappa shape index (κ1) is 65.3. The summed E-state index contributed by atoms with van der Waals surface area (Å²) in [5, 5.41) is 23.2. The van der Waals surface area contributed by atoms with E-state index in [1.165, 1.54) is 257 Å². The number of carbonyl (C=O) groups excluding carboxylic acids is 2. The molecule has 0 fully saturated rings. The SMILES string of the molecule is CCCCCCC/C=C\CCCCCCCC(=O)OCCCCCCCCCCCCCCCCCCCCC(=O)NC(CO)C(O)/C=C/CCCCCCCCCCCCCCCCCC. The van der Waals surface area contributed by atoms with Crippen molar-refractivity contribution in [3.05, 3.63) is 24.3 Å². The molecule has 1 amide bonds. The number of nitrogens with one attached hydrogen (secondary N) is 1. The summed E-state index contributed by atoms with van der Waals surface area (Å²) in [5.41, 5.74) is 0. The zero-order valence-electron chi connectivity index (χ0n) is 45.1. The average Bonchev–Trinajstić information content (AvgIpc) is 3.33. The van der Waals surface area contributed by atoms with Crippen LogP contribution in [0.4, 0.5) is 0 Å². The highest BCUT2D eigenvalue weighted by atomic mass is 16.5. The summed E-state index contributed by atoms with van der Waals surface area (Å²) in [6, 6.07) is -0.631. The molecule has 2 unspecified atom stereocenters. The molecule has 0 aliphatic heterocycles. The van der Waals surface area contributed by atoms with E-state index in [4.69, 9.17) is 4.74 Å². The fourth-order valence-corrected chi connectivity index (χ4v) is 9.34. The molecule has 0 rings (SSSR count). The third-order valence-electron chi connectivity index (χ3n) is 14.0. The average molecular weight is 945 g/mol. The second-order valence-electron chi connectivity index (χ2n) is 20.7. The summed E-state index contributed by atoms with van der Waals surface area (Å²) < 4.78 is 5.47. The fraction of sp³-hybridized carbons (Fsp3) is 0.902. The van der Waals surface area contributed by atoms with Crippen LogP contribution in [0.2, 0.25) is 0 Å². The van der Waals surface area contributed by atoms with Gasteiger partial charge in [0.05, 0.1) is 25.4 Å². The summed E-state index contributed by atoms with van der Waals surface area (Å²) in [4.78, 5) is 24.5. The Hall–Kier alpha value is -1.66. The third-order valence-corrected chi connectivity index (χ3v) is 14.0. The van der Waals surface area contributed by atoms with Crippen LogP contribution in [0.15, 0.2) is 24.3 Å². The van der Waals surface area contributed by atoms with Gasteiger partial charge in [0.25, 0.3) is 0 Å². The Morgan fingerprint density at radius 1 is 0.403 bits per heavy atom.